The fourth-order valence-corrected chi connectivity index (χ4v) is 3.95. The minimum Gasteiger partial charge on any atom is -0.330 e. The second kappa shape index (κ2) is 5.79. The fourth-order valence-electron chi connectivity index (χ4n) is 3.95. The number of fused-ring (bicyclic) bond motifs is 1. The van der Waals surface area contributed by atoms with E-state index in [-0.39, 0.29) is 11.3 Å². The van der Waals surface area contributed by atoms with Crippen molar-refractivity contribution in [1.29, 1.82) is 0 Å². The molecule has 0 aliphatic heterocycles. The highest BCUT2D eigenvalue weighted by Crippen LogP contribution is 2.38. The number of hydrogen-bond donors (Lipinski definition) is 2. The van der Waals surface area contributed by atoms with Gasteiger partial charge in [0.05, 0.1) is 5.69 Å². The summed E-state index contributed by atoms with van der Waals surface area (Å²) >= 11 is 0. The van der Waals surface area contributed by atoms with Crippen molar-refractivity contribution in [2.24, 2.45) is 18.2 Å². The number of rotatable bonds is 4. The average molecular weight is 290 g/mol. The summed E-state index contributed by atoms with van der Waals surface area (Å²) in [6, 6.07) is 0. The minimum absolute atomic E-state index is 0.0180. The van der Waals surface area contributed by atoms with Crippen molar-refractivity contribution in [1.82, 2.24) is 9.78 Å². The molecule has 3 rings (SSSR count). The Hall–Kier alpha value is -1.36. The van der Waals surface area contributed by atoms with Crippen LogP contribution in [-0.2, 0) is 24.7 Å². The maximum Gasteiger partial charge on any atom is 0.226 e. The molecule has 1 fully saturated rings. The standard InChI is InChI=1S/C16H26N4O/c1-20-15(12-6-5-7-13(12)19-20)18-14(21)10-16(11-17)8-3-2-4-9-16/h2-11,17H2,1H3,(H,18,21). The summed E-state index contributed by atoms with van der Waals surface area (Å²) in [5.74, 6) is 0.996. The van der Waals surface area contributed by atoms with E-state index in [1.165, 1.54) is 24.8 Å². The molecule has 0 bridgehead atoms. The topological polar surface area (TPSA) is 72.9 Å². The van der Waals surface area contributed by atoms with E-state index in [4.69, 9.17) is 5.73 Å². The average Bonchev–Trinajstić information content (AvgIpc) is 3.03. The van der Waals surface area contributed by atoms with Gasteiger partial charge in [-0.2, -0.15) is 5.10 Å². The van der Waals surface area contributed by atoms with Gasteiger partial charge < -0.3 is 11.1 Å². The smallest absolute Gasteiger partial charge is 0.226 e. The number of aryl methyl sites for hydroxylation is 2. The summed E-state index contributed by atoms with van der Waals surface area (Å²) in [5.41, 5.74) is 8.38. The van der Waals surface area contributed by atoms with Gasteiger partial charge in [-0.15, -0.1) is 0 Å². The molecule has 1 amide bonds. The van der Waals surface area contributed by atoms with E-state index >= 15 is 0 Å². The lowest BCUT2D eigenvalue weighted by molar-refractivity contribution is -0.118. The van der Waals surface area contributed by atoms with Crippen LogP contribution in [0.2, 0.25) is 0 Å². The molecule has 1 aromatic rings. The first-order chi connectivity index (χ1) is 10.1. The van der Waals surface area contributed by atoms with Gasteiger partial charge in [-0.25, -0.2) is 0 Å². The van der Waals surface area contributed by atoms with Gasteiger partial charge in [-0.1, -0.05) is 19.3 Å². The third-order valence-corrected chi connectivity index (χ3v) is 5.21. The van der Waals surface area contributed by atoms with Crippen molar-refractivity contribution in [2.45, 2.75) is 57.8 Å². The van der Waals surface area contributed by atoms with Crippen LogP contribution >= 0.6 is 0 Å². The van der Waals surface area contributed by atoms with Gasteiger partial charge in [-0.3, -0.25) is 9.48 Å². The lowest BCUT2D eigenvalue weighted by Crippen LogP contribution is -2.36. The lowest BCUT2D eigenvalue weighted by Gasteiger charge is -2.35. The molecule has 2 aliphatic rings. The van der Waals surface area contributed by atoms with Gasteiger partial charge in [0.15, 0.2) is 0 Å². The molecule has 1 aromatic heterocycles. The summed E-state index contributed by atoms with van der Waals surface area (Å²) in [7, 11) is 1.91. The first kappa shape index (κ1) is 14.6. The Morgan fingerprint density at radius 1 is 1.29 bits per heavy atom. The van der Waals surface area contributed by atoms with Crippen LogP contribution in [0.15, 0.2) is 0 Å². The number of nitrogens with two attached hydrogens (primary N) is 1. The van der Waals surface area contributed by atoms with Crippen LogP contribution in [0.3, 0.4) is 0 Å². The summed E-state index contributed by atoms with van der Waals surface area (Å²) in [5, 5.41) is 7.61. The molecule has 0 saturated heterocycles. The van der Waals surface area contributed by atoms with Gasteiger partial charge in [0.2, 0.25) is 5.91 Å². The summed E-state index contributed by atoms with van der Waals surface area (Å²) < 4.78 is 1.82. The first-order valence-corrected chi connectivity index (χ1v) is 8.18. The molecular formula is C16H26N4O. The largest absolute Gasteiger partial charge is 0.330 e. The van der Waals surface area contributed by atoms with Gasteiger partial charge in [0.25, 0.3) is 0 Å². The summed E-state index contributed by atoms with van der Waals surface area (Å²) in [6.07, 6.45) is 9.60. The van der Waals surface area contributed by atoms with Crippen LogP contribution in [0.1, 0.15) is 56.2 Å². The Bertz CT molecular complexity index is 529. The monoisotopic (exact) mass is 290 g/mol. The number of amides is 1. The number of nitrogens with zero attached hydrogens (tertiary/aromatic N) is 2. The number of hydrogen-bond acceptors (Lipinski definition) is 3. The quantitative estimate of drug-likeness (QED) is 0.892. The summed E-state index contributed by atoms with van der Waals surface area (Å²) in [4.78, 5) is 12.5. The highest BCUT2D eigenvalue weighted by molar-refractivity contribution is 5.91. The molecule has 5 nitrogen and oxygen atoms in total. The zero-order valence-electron chi connectivity index (χ0n) is 13.0. The normalized spacial score (nSPS) is 20.3. The van der Waals surface area contributed by atoms with E-state index in [1.807, 2.05) is 11.7 Å². The van der Waals surface area contributed by atoms with E-state index in [2.05, 4.69) is 10.4 Å². The van der Waals surface area contributed by atoms with Crippen LogP contribution in [0.25, 0.3) is 0 Å². The highest BCUT2D eigenvalue weighted by Gasteiger charge is 2.33. The number of anilines is 1. The van der Waals surface area contributed by atoms with Crippen molar-refractivity contribution < 1.29 is 4.79 Å². The van der Waals surface area contributed by atoms with Crippen LogP contribution < -0.4 is 11.1 Å². The fraction of sp³-hybridized carbons (Fsp3) is 0.750. The third-order valence-electron chi connectivity index (χ3n) is 5.21. The van der Waals surface area contributed by atoms with Crippen LogP contribution in [0.4, 0.5) is 5.82 Å². The molecule has 3 N–H and O–H groups in total. The molecule has 116 valence electrons. The Balaban J connectivity index is 1.69. The molecular weight excluding hydrogens is 264 g/mol. The Morgan fingerprint density at radius 3 is 2.76 bits per heavy atom. The van der Waals surface area contributed by atoms with Crippen molar-refractivity contribution in [3.63, 3.8) is 0 Å². The Kier molecular flexibility index (Phi) is 4.02. The van der Waals surface area contributed by atoms with Gasteiger partial charge >= 0.3 is 0 Å². The van der Waals surface area contributed by atoms with Gasteiger partial charge in [0, 0.05) is 19.0 Å². The molecule has 0 spiro atoms. The van der Waals surface area contributed by atoms with Crippen molar-refractivity contribution in [3.8, 4) is 0 Å². The van der Waals surface area contributed by atoms with Crippen LogP contribution in [-0.4, -0.2) is 22.2 Å². The molecule has 0 atom stereocenters. The van der Waals surface area contributed by atoms with E-state index < -0.39 is 0 Å². The number of aromatic nitrogens is 2. The molecule has 0 aromatic carbocycles. The molecule has 21 heavy (non-hydrogen) atoms. The molecule has 1 heterocycles. The maximum atomic E-state index is 12.5. The number of carbonyl (C=O) groups is 1. The second-order valence-electron chi connectivity index (χ2n) is 6.74. The lowest BCUT2D eigenvalue weighted by atomic mass is 9.71. The highest BCUT2D eigenvalue weighted by atomic mass is 16.1. The third kappa shape index (κ3) is 2.84. The first-order valence-electron chi connectivity index (χ1n) is 8.18. The van der Waals surface area contributed by atoms with Gasteiger partial charge in [-0.05, 0) is 44.1 Å². The van der Waals surface area contributed by atoms with E-state index in [9.17, 15) is 4.79 Å². The Labute approximate surface area is 126 Å². The van der Waals surface area contributed by atoms with E-state index in [1.54, 1.807) is 0 Å². The molecule has 0 unspecified atom stereocenters. The maximum absolute atomic E-state index is 12.5. The van der Waals surface area contributed by atoms with Crippen molar-refractivity contribution in [2.75, 3.05) is 11.9 Å². The van der Waals surface area contributed by atoms with E-state index in [0.29, 0.717) is 13.0 Å². The number of nitrogens with one attached hydrogen (secondary N) is 1. The molecule has 5 heteroatoms. The molecule has 0 radical (unpaired) electrons. The molecule has 1 saturated carbocycles. The predicted molar refractivity (Wildman–Crippen MR) is 83.1 cm³/mol. The van der Waals surface area contributed by atoms with Crippen molar-refractivity contribution >= 4 is 11.7 Å². The zero-order valence-corrected chi connectivity index (χ0v) is 13.0. The SMILES string of the molecule is Cn1nc2c(c1NC(=O)CC1(CN)CCCCC1)CCC2. The Morgan fingerprint density at radius 2 is 2.05 bits per heavy atom. The minimum atomic E-state index is 0.0180. The van der Waals surface area contributed by atoms with E-state index in [0.717, 1.165) is 43.6 Å². The zero-order chi connectivity index (χ0) is 14.9. The van der Waals surface area contributed by atoms with Gasteiger partial charge in [0.1, 0.15) is 5.82 Å². The molecule has 2 aliphatic carbocycles. The van der Waals surface area contributed by atoms with Crippen LogP contribution in [0.5, 0.6) is 0 Å². The summed E-state index contributed by atoms with van der Waals surface area (Å²) in [6.45, 7) is 0.615. The predicted octanol–water partition coefficient (Wildman–Crippen LogP) is 2.15. The number of carbonyl (C=O) groups excluding carboxylic acids is 1. The van der Waals surface area contributed by atoms with Crippen LogP contribution in [0, 0.1) is 5.41 Å². The second-order valence-corrected chi connectivity index (χ2v) is 6.74. The van der Waals surface area contributed by atoms with Crippen molar-refractivity contribution in [3.05, 3.63) is 11.3 Å².